The van der Waals surface area contributed by atoms with Crippen molar-refractivity contribution in [2.45, 2.75) is 19.8 Å². The van der Waals surface area contributed by atoms with E-state index >= 15 is 0 Å². The number of hydrogen-bond acceptors (Lipinski definition) is 4. The molecule has 2 aromatic carbocycles. The molecule has 0 bridgehead atoms. The first-order valence-electron chi connectivity index (χ1n) is 8.61. The summed E-state index contributed by atoms with van der Waals surface area (Å²) in [7, 11) is 0. The highest BCUT2D eigenvalue weighted by atomic mass is 16.5. The number of carbonyl (C=O) groups excluding carboxylic acids is 2. The topological polar surface area (TPSA) is 95.9 Å². The van der Waals surface area contributed by atoms with Crippen molar-refractivity contribution in [1.82, 2.24) is 0 Å². The SMILES string of the molecule is Cc1ccc(C(=O)O)cc1NC(=O)COc1cccc(N2CCCC2=O)c1. The van der Waals surface area contributed by atoms with E-state index in [2.05, 4.69) is 5.32 Å². The number of nitrogens with zero attached hydrogens (tertiary/aromatic N) is 1. The lowest BCUT2D eigenvalue weighted by Gasteiger charge is -2.16. The summed E-state index contributed by atoms with van der Waals surface area (Å²) in [4.78, 5) is 36.8. The van der Waals surface area contributed by atoms with Gasteiger partial charge in [0, 0.05) is 30.4 Å². The summed E-state index contributed by atoms with van der Waals surface area (Å²) in [5.74, 6) is -0.893. The molecule has 0 aromatic heterocycles. The molecule has 0 atom stereocenters. The zero-order valence-electron chi connectivity index (χ0n) is 14.9. The third-order valence-corrected chi connectivity index (χ3v) is 4.33. The van der Waals surface area contributed by atoms with Gasteiger partial charge >= 0.3 is 5.97 Å². The Balaban J connectivity index is 1.62. The lowest BCUT2D eigenvalue weighted by molar-refractivity contribution is -0.118. The number of carboxylic acids is 1. The normalized spacial score (nSPS) is 13.5. The van der Waals surface area contributed by atoms with Crippen LogP contribution in [0.4, 0.5) is 11.4 Å². The fourth-order valence-electron chi connectivity index (χ4n) is 2.89. The number of carbonyl (C=O) groups is 3. The van der Waals surface area contributed by atoms with Crippen LogP contribution in [0.1, 0.15) is 28.8 Å². The van der Waals surface area contributed by atoms with Gasteiger partial charge in [0.25, 0.3) is 5.91 Å². The summed E-state index contributed by atoms with van der Waals surface area (Å²) < 4.78 is 5.53. The van der Waals surface area contributed by atoms with Crippen molar-refractivity contribution >= 4 is 29.2 Å². The summed E-state index contributed by atoms with van der Waals surface area (Å²) in [6.07, 6.45) is 1.38. The second-order valence-corrected chi connectivity index (χ2v) is 6.32. The number of anilines is 2. The van der Waals surface area contributed by atoms with Crippen LogP contribution in [0.25, 0.3) is 0 Å². The highest BCUT2D eigenvalue weighted by molar-refractivity contribution is 5.96. The molecule has 2 amide bonds. The van der Waals surface area contributed by atoms with Crippen LogP contribution in [0.15, 0.2) is 42.5 Å². The van der Waals surface area contributed by atoms with Gasteiger partial charge in [0.2, 0.25) is 5.91 Å². The van der Waals surface area contributed by atoms with Crippen LogP contribution in [0, 0.1) is 6.92 Å². The molecule has 27 heavy (non-hydrogen) atoms. The van der Waals surface area contributed by atoms with Crippen LogP contribution >= 0.6 is 0 Å². The first-order chi connectivity index (χ1) is 12.9. The molecule has 0 radical (unpaired) electrons. The summed E-state index contributed by atoms with van der Waals surface area (Å²) in [6, 6.07) is 11.6. The number of nitrogens with one attached hydrogen (secondary N) is 1. The molecule has 0 saturated carbocycles. The quantitative estimate of drug-likeness (QED) is 0.817. The van der Waals surface area contributed by atoms with Gasteiger partial charge in [-0.2, -0.15) is 0 Å². The van der Waals surface area contributed by atoms with Crippen molar-refractivity contribution in [3.63, 3.8) is 0 Å². The molecule has 1 fully saturated rings. The Morgan fingerprint density at radius 3 is 2.74 bits per heavy atom. The molecule has 2 aromatic rings. The Bertz CT molecular complexity index is 894. The summed E-state index contributed by atoms with van der Waals surface area (Å²) in [5.41, 5.74) is 2.03. The lowest BCUT2D eigenvalue weighted by atomic mass is 10.1. The first-order valence-corrected chi connectivity index (χ1v) is 8.61. The van der Waals surface area contributed by atoms with Gasteiger partial charge in [0.05, 0.1) is 5.56 Å². The van der Waals surface area contributed by atoms with Crippen molar-refractivity contribution in [3.05, 3.63) is 53.6 Å². The molecular formula is C20H20N2O5. The zero-order chi connectivity index (χ0) is 19.4. The van der Waals surface area contributed by atoms with Gasteiger partial charge in [0.1, 0.15) is 5.75 Å². The van der Waals surface area contributed by atoms with E-state index in [9.17, 15) is 14.4 Å². The molecule has 1 heterocycles. The maximum atomic E-state index is 12.2. The second kappa shape index (κ2) is 7.90. The van der Waals surface area contributed by atoms with Gasteiger partial charge in [-0.1, -0.05) is 12.1 Å². The molecule has 7 heteroatoms. The third-order valence-electron chi connectivity index (χ3n) is 4.33. The smallest absolute Gasteiger partial charge is 0.335 e. The van der Waals surface area contributed by atoms with Gasteiger partial charge in [0.15, 0.2) is 6.61 Å². The van der Waals surface area contributed by atoms with Gasteiger partial charge in [-0.05, 0) is 43.2 Å². The van der Waals surface area contributed by atoms with E-state index in [0.717, 1.165) is 17.7 Å². The minimum Gasteiger partial charge on any atom is -0.484 e. The van der Waals surface area contributed by atoms with Crippen LogP contribution in [-0.2, 0) is 9.59 Å². The minimum absolute atomic E-state index is 0.0821. The average molecular weight is 368 g/mol. The Morgan fingerprint density at radius 1 is 1.22 bits per heavy atom. The predicted octanol–water partition coefficient (Wildman–Crippen LogP) is 2.84. The summed E-state index contributed by atoms with van der Waals surface area (Å²) >= 11 is 0. The van der Waals surface area contributed by atoms with E-state index < -0.39 is 11.9 Å². The van der Waals surface area contributed by atoms with Gasteiger partial charge in [-0.15, -0.1) is 0 Å². The first kappa shape index (κ1) is 18.4. The molecule has 3 rings (SSSR count). The highest BCUT2D eigenvalue weighted by Gasteiger charge is 2.21. The zero-order valence-corrected chi connectivity index (χ0v) is 14.9. The maximum absolute atomic E-state index is 12.2. The Hall–Kier alpha value is -3.35. The number of carboxylic acid groups (broad SMARTS) is 1. The Kier molecular flexibility index (Phi) is 5.40. The van der Waals surface area contributed by atoms with E-state index in [0.29, 0.717) is 24.4 Å². The minimum atomic E-state index is -1.06. The number of benzene rings is 2. The number of rotatable bonds is 6. The van der Waals surface area contributed by atoms with Gasteiger partial charge in [-0.3, -0.25) is 9.59 Å². The summed E-state index contributed by atoms with van der Waals surface area (Å²) in [5, 5.41) is 11.7. The standard InChI is InChI=1S/C20H20N2O5/c1-13-7-8-14(20(25)26)10-17(13)21-18(23)12-27-16-5-2-4-15(11-16)22-9-3-6-19(22)24/h2,4-5,7-8,10-11H,3,6,9,12H2,1H3,(H,21,23)(H,25,26). The molecule has 140 valence electrons. The van der Waals surface area contributed by atoms with Crippen molar-refractivity contribution in [3.8, 4) is 5.75 Å². The van der Waals surface area contributed by atoms with E-state index in [1.54, 1.807) is 36.1 Å². The monoisotopic (exact) mass is 368 g/mol. The molecule has 0 aliphatic carbocycles. The number of amides is 2. The summed E-state index contributed by atoms with van der Waals surface area (Å²) in [6.45, 7) is 2.23. The highest BCUT2D eigenvalue weighted by Crippen LogP contribution is 2.25. The number of hydrogen-bond donors (Lipinski definition) is 2. The Labute approximate surface area is 156 Å². The van der Waals surface area contributed by atoms with Crippen LogP contribution in [0.3, 0.4) is 0 Å². The Morgan fingerprint density at radius 2 is 2.04 bits per heavy atom. The van der Waals surface area contributed by atoms with Crippen LogP contribution < -0.4 is 15.0 Å². The largest absolute Gasteiger partial charge is 0.484 e. The molecule has 7 nitrogen and oxygen atoms in total. The molecule has 0 unspecified atom stereocenters. The van der Waals surface area contributed by atoms with Crippen molar-refractivity contribution in [2.75, 3.05) is 23.4 Å². The molecule has 2 N–H and O–H groups in total. The van der Waals surface area contributed by atoms with Gasteiger partial charge in [-0.25, -0.2) is 4.79 Å². The van der Waals surface area contributed by atoms with Crippen molar-refractivity contribution in [1.29, 1.82) is 0 Å². The number of ether oxygens (including phenoxy) is 1. The third kappa shape index (κ3) is 4.44. The van der Waals surface area contributed by atoms with Crippen LogP contribution in [0.2, 0.25) is 0 Å². The fourth-order valence-corrected chi connectivity index (χ4v) is 2.89. The molecule has 1 saturated heterocycles. The second-order valence-electron chi connectivity index (χ2n) is 6.32. The molecule has 1 aliphatic heterocycles. The fraction of sp³-hybridized carbons (Fsp3) is 0.250. The van der Waals surface area contributed by atoms with Crippen molar-refractivity contribution < 1.29 is 24.2 Å². The van der Waals surface area contributed by atoms with E-state index in [1.165, 1.54) is 12.1 Å². The van der Waals surface area contributed by atoms with Crippen LogP contribution in [-0.4, -0.2) is 36.0 Å². The molecule has 0 spiro atoms. The average Bonchev–Trinajstić information content (AvgIpc) is 3.08. The van der Waals surface area contributed by atoms with E-state index in [4.69, 9.17) is 9.84 Å². The molecular weight excluding hydrogens is 348 g/mol. The number of aromatic carboxylic acids is 1. The van der Waals surface area contributed by atoms with E-state index in [1.807, 2.05) is 6.07 Å². The number of aryl methyl sites for hydroxylation is 1. The van der Waals surface area contributed by atoms with E-state index in [-0.39, 0.29) is 18.1 Å². The predicted molar refractivity (Wildman–Crippen MR) is 100 cm³/mol. The van der Waals surface area contributed by atoms with Crippen LogP contribution in [0.5, 0.6) is 5.75 Å². The maximum Gasteiger partial charge on any atom is 0.335 e. The van der Waals surface area contributed by atoms with Crippen molar-refractivity contribution in [2.24, 2.45) is 0 Å². The molecule has 1 aliphatic rings. The lowest BCUT2D eigenvalue weighted by Crippen LogP contribution is -2.24. The van der Waals surface area contributed by atoms with Gasteiger partial charge < -0.3 is 20.1 Å².